The van der Waals surface area contributed by atoms with E-state index < -0.39 is 60.2 Å². The van der Waals surface area contributed by atoms with E-state index in [1.165, 1.54) is 0 Å². The number of nitrogens with one attached hydrogen (secondary N) is 3. The molecule has 0 spiro atoms. The van der Waals surface area contributed by atoms with E-state index in [4.69, 9.17) is 16.6 Å². The quantitative estimate of drug-likeness (QED) is 0.139. The smallest absolute Gasteiger partial charge is 0.326 e. The van der Waals surface area contributed by atoms with Gasteiger partial charge in [0.05, 0.1) is 12.5 Å². The van der Waals surface area contributed by atoms with Crippen molar-refractivity contribution in [3.05, 3.63) is 0 Å². The number of carbonyl (C=O) groups is 5. The van der Waals surface area contributed by atoms with E-state index in [0.717, 1.165) is 0 Å². The molecular weight excluding hydrogens is 434 g/mol. The summed E-state index contributed by atoms with van der Waals surface area (Å²) in [6.45, 7) is 7.22. The van der Waals surface area contributed by atoms with Gasteiger partial charge >= 0.3 is 11.9 Å². The normalized spacial score (nSPS) is 15.6. The summed E-state index contributed by atoms with van der Waals surface area (Å²) in [6.07, 6.45) is 0.964. The number of amides is 3. The Bertz CT molecular complexity index is 686. The molecule has 190 valence electrons. The minimum absolute atomic E-state index is 0.154. The van der Waals surface area contributed by atoms with E-state index in [1.54, 1.807) is 27.7 Å². The summed E-state index contributed by atoms with van der Waals surface area (Å²) in [6, 6.07) is -4.71. The fourth-order valence-electron chi connectivity index (χ4n) is 2.93. The number of unbranched alkanes of at least 4 members (excludes halogenated alkanes) is 1. The van der Waals surface area contributed by atoms with Crippen molar-refractivity contribution in [2.24, 2.45) is 23.3 Å². The number of carboxylic acids is 2. The van der Waals surface area contributed by atoms with Crippen molar-refractivity contribution in [3.63, 3.8) is 0 Å². The number of carboxylic acid groups (broad SMARTS) is 2. The van der Waals surface area contributed by atoms with E-state index in [2.05, 4.69) is 16.0 Å². The minimum atomic E-state index is -1.46. The molecule has 0 bridgehead atoms. The highest BCUT2D eigenvalue weighted by Gasteiger charge is 2.32. The molecule has 0 aromatic rings. The Balaban J connectivity index is 5.59. The summed E-state index contributed by atoms with van der Waals surface area (Å²) in [5.41, 5.74) is 11.3. The predicted octanol–water partition coefficient (Wildman–Crippen LogP) is -0.841. The molecule has 12 heteroatoms. The first-order valence-electron chi connectivity index (χ1n) is 11.2. The molecule has 9 N–H and O–H groups in total. The van der Waals surface area contributed by atoms with Crippen molar-refractivity contribution in [3.8, 4) is 0 Å². The fraction of sp³-hybridized carbons (Fsp3) is 0.762. The van der Waals surface area contributed by atoms with Gasteiger partial charge in [0.2, 0.25) is 17.7 Å². The number of nitrogens with two attached hydrogens (primary N) is 2. The summed E-state index contributed by atoms with van der Waals surface area (Å²) < 4.78 is 0. The van der Waals surface area contributed by atoms with Gasteiger partial charge in [0.15, 0.2) is 0 Å². The van der Waals surface area contributed by atoms with Gasteiger partial charge in [0.1, 0.15) is 18.1 Å². The Kier molecular flexibility index (Phi) is 13.9. The second kappa shape index (κ2) is 15.2. The van der Waals surface area contributed by atoms with Gasteiger partial charge in [-0.2, -0.15) is 0 Å². The number of aliphatic carboxylic acids is 2. The van der Waals surface area contributed by atoms with Gasteiger partial charge < -0.3 is 37.6 Å². The van der Waals surface area contributed by atoms with Crippen LogP contribution in [0, 0.1) is 11.8 Å². The van der Waals surface area contributed by atoms with E-state index >= 15 is 0 Å². The van der Waals surface area contributed by atoms with Crippen LogP contribution in [0.1, 0.15) is 59.8 Å². The molecule has 0 saturated heterocycles. The van der Waals surface area contributed by atoms with Crippen LogP contribution in [0.5, 0.6) is 0 Å². The van der Waals surface area contributed by atoms with Gasteiger partial charge in [-0.25, -0.2) is 4.79 Å². The molecule has 3 amide bonds. The third-order valence-corrected chi connectivity index (χ3v) is 5.39. The highest BCUT2D eigenvalue weighted by atomic mass is 16.4. The Morgan fingerprint density at radius 2 is 1.39 bits per heavy atom. The van der Waals surface area contributed by atoms with Crippen LogP contribution >= 0.6 is 0 Å². The number of rotatable bonds is 16. The average Bonchev–Trinajstić information content (AvgIpc) is 2.74. The van der Waals surface area contributed by atoms with E-state index in [0.29, 0.717) is 25.8 Å². The minimum Gasteiger partial charge on any atom is -0.481 e. The summed E-state index contributed by atoms with van der Waals surface area (Å²) in [7, 11) is 0. The number of carbonyl (C=O) groups excluding carboxylic acids is 3. The maximum atomic E-state index is 12.8. The molecule has 33 heavy (non-hydrogen) atoms. The summed E-state index contributed by atoms with van der Waals surface area (Å²) >= 11 is 0. The molecule has 0 fully saturated rings. The highest BCUT2D eigenvalue weighted by Crippen LogP contribution is 2.10. The first kappa shape index (κ1) is 30.3. The zero-order chi connectivity index (χ0) is 25.7. The number of hydrogen-bond donors (Lipinski definition) is 7. The SMILES string of the molecule is CCC(C)C(NC(=O)C(CCCCN)NC(=O)C(CC(=O)O)NC(=O)C(N)C(C)C)C(=O)O. The van der Waals surface area contributed by atoms with E-state index in [1.807, 2.05) is 0 Å². The van der Waals surface area contributed by atoms with Crippen LogP contribution in [0.15, 0.2) is 0 Å². The van der Waals surface area contributed by atoms with Crippen LogP contribution in [0.25, 0.3) is 0 Å². The lowest BCUT2D eigenvalue weighted by molar-refractivity contribution is -0.144. The largest absolute Gasteiger partial charge is 0.481 e. The van der Waals surface area contributed by atoms with Gasteiger partial charge in [0.25, 0.3) is 0 Å². The maximum absolute atomic E-state index is 12.8. The van der Waals surface area contributed by atoms with Gasteiger partial charge in [-0.3, -0.25) is 19.2 Å². The second-order valence-electron chi connectivity index (χ2n) is 8.48. The molecule has 0 aliphatic rings. The van der Waals surface area contributed by atoms with Crippen molar-refractivity contribution < 1.29 is 34.2 Å². The second-order valence-corrected chi connectivity index (χ2v) is 8.48. The van der Waals surface area contributed by atoms with Crippen LogP contribution in [-0.4, -0.2) is 70.6 Å². The summed E-state index contributed by atoms with van der Waals surface area (Å²) in [5, 5.41) is 25.8. The summed E-state index contributed by atoms with van der Waals surface area (Å²) in [5.74, 6) is -5.44. The van der Waals surface area contributed by atoms with Crippen LogP contribution in [-0.2, 0) is 24.0 Å². The molecule has 0 aliphatic heterocycles. The van der Waals surface area contributed by atoms with Crippen molar-refractivity contribution in [2.75, 3.05) is 6.54 Å². The lowest BCUT2D eigenvalue weighted by atomic mass is 9.98. The van der Waals surface area contributed by atoms with E-state index in [-0.39, 0.29) is 18.3 Å². The van der Waals surface area contributed by atoms with Gasteiger partial charge in [-0.05, 0) is 37.6 Å². The van der Waals surface area contributed by atoms with Gasteiger partial charge in [-0.1, -0.05) is 34.1 Å². The van der Waals surface area contributed by atoms with Crippen molar-refractivity contribution in [1.82, 2.24) is 16.0 Å². The molecule has 0 aromatic carbocycles. The lowest BCUT2D eigenvalue weighted by Gasteiger charge is -2.26. The van der Waals surface area contributed by atoms with Crippen LogP contribution in [0.2, 0.25) is 0 Å². The van der Waals surface area contributed by atoms with Crippen molar-refractivity contribution in [2.45, 2.75) is 84.0 Å². The van der Waals surface area contributed by atoms with Gasteiger partial charge in [-0.15, -0.1) is 0 Å². The zero-order valence-corrected chi connectivity index (χ0v) is 19.8. The summed E-state index contributed by atoms with van der Waals surface area (Å²) in [4.78, 5) is 60.7. The van der Waals surface area contributed by atoms with Crippen molar-refractivity contribution >= 4 is 29.7 Å². The lowest BCUT2D eigenvalue weighted by Crippen LogP contribution is -2.58. The monoisotopic (exact) mass is 473 g/mol. The van der Waals surface area contributed by atoms with E-state index in [9.17, 15) is 29.1 Å². The highest BCUT2D eigenvalue weighted by molar-refractivity contribution is 5.95. The fourth-order valence-corrected chi connectivity index (χ4v) is 2.93. The zero-order valence-electron chi connectivity index (χ0n) is 19.8. The Morgan fingerprint density at radius 1 is 0.848 bits per heavy atom. The Hall–Kier alpha value is -2.73. The molecule has 5 unspecified atom stereocenters. The molecule has 0 heterocycles. The topological polar surface area (TPSA) is 214 Å². The first-order valence-corrected chi connectivity index (χ1v) is 11.2. The maximum Gasteiger partial charge on any atom is 0.326 e. The number of hydrogen-bond acceptors (Lipinski definition) is 7. The average molecular weight is 474 g/mol. The molecule has 0 aromatic heterocycles. The predicted molar refractivity (Wildman–Crippen MR) is 121 cm³/mol. The molecular formula is C21H39N5O7. The van der Waals surface area contributed by atoms with Crippen LogP contribution in [0.4, 0.5) is 0 Å². The molecule has 0 radical (unpaired) electrons. The third-order valence-electron chi connectivity index (χ3n) is 5.39. The Morgan fingerprint density at radius 3 is 1.85 bits per heavy atom. The molecule has 0 saturated carbocycles. The van der Waals surface area contributed by atoms with Crippen LogP contribution in [0.3, 0.4) is 0 Å². The van der Waals surface area contributed by atoms with Crippen LogP contribution < -0.4 is 27.4 Å². The molecule has 0 rings (SSSR count). The molecule has 0 aliphatic carbocycles. The Labute approximate surface area is 194 Å². The third kappa shape index (κ3) is 11.1. The first-order chi connectivity index (χ1) is 15.3. The van der Waals surface area contributed by atoms with Crippen molar-refractivity contribution in [1.29, 1.82) is 0 Å². The molecule has 5 atom stereocenters. The molecule has 12 nitrogen and oxygen atoms in total. The standard InChI is InChI=1S/C21H39N5O7/c1-5-12(4)17(21(32)33)26-18(29)13(8-6-7-9-22)24-19(30)14(10-15(27)28)25-20(31)16(23)11(2)3/h11-14,16-17H,5-10,22-23H2,1-4H3,(H,24,30)(H,25,31)(H,26,29)(H,27,28)(H,32,33). The van der Waals surface area contributed by atoms with Gasteiger partial charge in [0, 0.05) is 0 Å².